The zero-order chi connectivity index (χ0) is 21.5. The lowest BCUT2D eigenvalue weighted by Crippen LogP contribution is -2.32. The number of methoxy groups -OCH3 is 1. The van der Waals surface area contributed by atoms with Crippen LogP contribution in [0.2, 0.25) is 0 Å². The van der Waals surface area contributed by atoms with E-state index in [2.05, 4.69) is 52.0 Å². The Balaban J connectivity index is 2.08. The van der Waals surface area contributed by atoms with Gasteiger partial charge in [0, 0.05) is 23.1 Å². The molecule has 0 bridgehead atoms. The molecule has 1 N–H and O–H groups in total. The topological polar surface area (TPSA) is 49.8 Å². The molecule has 3 aromatic carbocycles. The Morgan fingerprint density at radius 2 is 1.63 bits per heavy atom. The summed E-state index contributed by atoms with van der Waals surface area (Å²) in [5.74, 6) is -0.140. The van der Waals surface area contributed by atoms with Crippen molar-refractivity contribution in [2.75, 3.05) is 7.11 Å². The van der Waals surface area contributed by atoms with E-state index < -0.39 is 5.97 Å². The number of rotatable bonds is 9. The smallest absolute Gasteiger partial charge is 0.305 e. The maximum atomic E-state index is 11.9. The molecule has 30 heavy (non-hydrogen) atoms. The van der Waals surface area contributed by atoms with Gasteiger partial charge in [0.05, 0.1) is 13.5 Å². The SMILES string of the molecule is COc1cc(Br)cc(C(CC(=O)O)N(Cc2ccccc2)C(C)c2ccccc2)c1. The maximum absolute atomic E-state index is 11.9. The van der Waals surface area contributed by atoms with E-state index in [1.807, 2.05) is 54.6 Å². The number of aliphatic carboxylic acids is 1. The highest BCUT2D eigenvalue weighted by molar-refractivity contribution is 9.10. The first-order valence-electron chi connectivity index (χ1n) is 9.89. The summed E-state index contributed by atoms with van der Waals surface area (Å²) in [4.78, 5) is 14.1. The molecule has 0 saturated heterocycles. The van der Waals surface area contributed by atoms with E-state index in [1.165, 1.54) is 0 Å². The zero-order valence-corrected chi connectivity index (χ0v) is 18.7. The van der Waals surface area contributed by atoms with E-state index in [0.717, 1.165) is 21.2 Å². The lowest BCUT2D eigenvalue weighted by Gasteiger charge is -2.37. The molecule has 0 spiro atoms. The first kappa shape index (κ1) is 22.1. The molecule has 3 rings (SSSR count). The molecule has 0 amide bonds. The second-order valence-electron chi connectivity index (χ2n) is 7.28. The number of halogens is 1. The van der Waals surface area contributed by atoms with Crippen molar-refractivity contribution >= 4 is 21.9 Å². The molecule has 0 saturated carbocycles. The average Bonchev–Trinajstić information content (AvgIpc) is 2.76. The Bertz CT molecular complexity index is 963. The van der Waals surface area contributed by atoms with Gasteiger partial charge in [-0.25, -0.2) is 0 Å². The fourth-order valence-electron chi connectivity index (χ4n) is 3.72. The van der Waals surface area contributed by atoms with Crippen LogP contribution in [0.15, 0.2) is 83.3 Å². The summed E-state index contributed by atoms with van der Waals surface area (Å²) in [5, 5.41) is 9.74. The fraction of sp³-hybridized carbons (Fsp3) is 0.240. The van der Waals surface area contributed by atoms with Crippen molar-refractivity contribution in [2.45, 2.75) is 32.0 Å². The lowest BCUT2D eigenvalue weighted by atomic mass is 9.96. The number of hydrogen-bond acceptors (Lipinski definition) is 3. The van der Waals surface area contributed by atoms with Crippen molar-refractivity contribution in [3.8, 4) is 5.75 Å². The number of nitrogens with zero attached hydrogens (tertiary/aromatic N) is 1. The number of carboxylic acid groups (broad SMARTS) is 1. The van der Waals surface area contributed by atoms with E-state index in [9.17, 15) is 9.90 Å². The monoisotopic (exact) mass is 467 g/mol. The van der Waals surface area contributed by atoms with Crippen molar-refractivity contribution in [2.24, 2.45) is 0 Å². The van der Waals surface area contributed by atoms with Crippen LogP contribution in [0, 0.1) is 0 Å². The van der Waals surface area contributed by atoms with Crippen LogP contribution in [0.3, 0.4) is 0 Å². The van der Waals surface area contributed by atoms with Gasteiger partial charge in [0.1, 0.15) is 5.75 Å². The first-order chi connectivity index (χ1) is 14.5. The summed E-state index contributed by atoms with van der Waals surface area (Å²) in [7, 11) is 1.62. The second-order valence-corrected chi connectivity index (χ2v) is 8.20. The van der Waals surface area contributed by atoms with Gasteiger partial charge in [0.25, 0.3) is 0 Å². The van der Waals surface area contributed by atoms with Gasteiger partial charge in [-0.1, -0.05) is 76.6 Å². The summed E-state index contributed by atoms with van der Waals surface area (Å²) < 4.78 is 6.30. The zero-order valence-electron chi connectivity index (χ0n) is 17.2. The Hall–Kier alpha value is -2.63. The fourth-order valence-corrected chi connectivity index (χ4v) is 4.21. The first-order valence-corrected chi connectivity index (χ1v) is 10.7. The molecule has 4 nitrogen and oxygen atoms in total. The van der Waals surface area contributed by atoms with E-state index in [0.29, 0.717) is 12.3 Å². The molecule has 2 atom stereocenters. The van der Waals surface area contributed by atoms with Crippen molar-refractivity contribution in [1.29, 1.82) is 0 Å². The summed E-state index contributed by atoms with van der Waals surface area (Å²) in [6, 6.07) is 25.8. The van der Waals surface area contributed by atoms with Crippen molar-refractivity contribution in [1.82, 2.24) is 4.90 Å². The Labute approximate surface area is 186 Å². The molecular formula is C25H26BrNO3. The number of hydrogen-bond donors (Lipinski definition) is 1. The molecule has 0 aliphatic heterocycles. The van der Waals surface area contributed by atoms with Crippen LogP contribution in [0.4, 0.5) is 0 Å². The molecule has 0 aliphatic rings. The van der Waals surface area contributed by atoms with Gasteiger partial charge in [0.15, 0.2) is 0 Å². The van der Waals surface area contributed by atoms with Crippen LogP contribution in [0.1, 0.15) is 42.1 Å². The van der Waals surface area contributed by atoms with E-state index in [1.54, 1.807) is 7.11 Å². The van der Waals surface area contributed by atoms with Gasteiger partial charge in [-0.15, -0.1) is 0 Å². The summed E-state index contributed by atoms with van der Waals surface area (Å²) >= 11 is 3.54. The van der Waals surface area contributed by atoms with Gasteiger partial charge in [0.2, 0.25) is 0 Å². The quantitative estimate of drug-likeness (QED) is 0.404. The maximum Gasteiger partial charge on any atom is 0.305 e. The normalized spacial score (nSPS) is 13.1. The number of benzene rings is 3. The molecule has 0 fully saturated rings. The van der Waals surface area contributed by atoms with E-state index >= 15 is 0 Å². The lowest BCUT2D eigenvalue weighted by molar-refractivity contribution is -0.138. The van der Waals surface area contributed by atoms with E-state index in [-0.39, 0.29) is 18.5 Å². The third-order valence-corrected chi connectivity index (χ3v) is 5.73. The van der Waals surface area contributed by atoms with Crippen molar-refractivity contribution in [3.63, 3.8) is 0 Å². The molecule has 156 valence electrons. The molecule has 0 aromatic heterocycles. The minimum absolute atomic E-state index is 0.0103. The van der Waals surface area contributed by atoms with Crippen LogP contribution in [0.5, 0.6) is 5.75 Å². The minimum atomic E-state index is -0.836. The van der Waals surface area contributed by atoms with Crippen LogP contribution in [-0.4, -0.2) is 23.1 Å². The highest BCUT2D eigenvalue weighted by Gasteiger charge is 2.29. The Morgan fingerprint density at radius 1 is 1.00 bits per heavy atom. The van der Waals surface area contributed by atoms with Gasteiger partial charge >= 0.3 is 5.97 Å². The largest absolute Gasteiger partial charge is 0.497 e. The van der Waals surface area contributed by atoms with Crippen LogP contribution in [-0.2, 0) is 11.3 Å². The van der Waals surface area contributed by atoms with Gasteiger partial charge in [-0.2, -0.15) is 0 Å². The van der Waals surface area contributed by atoms with Gasteiger partial charge in [-0.3, -0.25) is 9.69 Å². The minimum Gasteiger partial charge on any atom is -0.497 e. The average molecular weight is 468 g/mol. The third kappa shape index (κ3) is 5.71. The van der Waals surface area contributed by atoms with Crippen LogP contribution < -0.4 is 4.74 Å². The highest BCUT2D eigenvalue weighted by atomic mass is 79.9. The molecule has 3 aromatic rings. The molecule has 0 aliphatic carbocycles. The van der Waals surface area contributed by atoms with Crippen molar-refractivity contribution < 1.29 is 14.6 Å². The molecular weight excluding hydrogens is 442 g/mol. The molecule has 0 heterocycles. The highest BCUT2D eigenvalue weighted by Crippen LogP contribution is 2.37. The Kier molecular flexibility index (Phi) is 7.66. The molecule has 2 unspecified atom stereocenters. The number of carboxylic acids is 1. The molecule has 0 radical (unpaired) electrons. The second kappa shape index (κ2) is 10.4. The number of ether oxygens (including phenoxy) is 1. The summed E-state index contributed by atoms with van der Waals surface area (Å²) in [6.45, 7) is 2.76. The third-order valence-electron chi connectivity index (χ3n) is 5.27. The predicted molar refractivity (Wildman–Crippen MR) is 123 cm³/mol. The van der Waals surface area contributed by atoms with Crippen LogP contribution >= 0.6 is 15.9 Å². The Morgan fingerprint density at radius 3 is 2.23 bits per heavy atom. The summed E-state index contributed by atoms with van der Waals surface area (Å²) in [6.07, 6.45) is -0.0103. The predicted octanol–water partition coefficient (Wildman–Crippen LogP) is 6.24. The van der Waals surface area contributed by atoms with Gasteiger partial charge < -0.3 is 9.84 Å². The summed E-state index contributed by atoms with van der Waals surface area (Å²) in [5.41, 5.74) is 3.19. The number of carbonyl (C=O) groups is 1. The van der Waals surface area contributed by atoms with Gasteiger partial charge in [-0.05, 0) is 41.8 Å². The van der Waals surface area contributed by atoms with Crippen LogP contribution in [0.25, 0.3) is 0 Å². The molecule has 5 heteroatoms. The van der Waals surface area contributed by atoms with E-state index in [4.69, 9.17) is 4.74 Å². The standard InChI is InChI=1S/C25H26BrNO3/c1-18(20-11-7-4-8-12-20)27(17-19-9-5-3-6-10-19)24(16-25(28)29)21-13-22(26)15-23(14-21)30-2/h3-15,18,24H,16-17H2,1-2H3,(H,28,29). The van der Waals surface area contributed by atoms with Crippen molar-refractivity contribution in [3.05, 3.63) is 100 Å².